The summed E-state index contributed by atoms with van der Waals surface area (Å²) in [5, 5.41) is 32.9. The number of hydrogen-bond acceptors (Lipinski definition) is 7. The van der Waals surface area contributed by atoms with Crippen LogP contribution in [0.1, 0.15) is 34.8 Å². The van der Waals surface area contributed by atoms with E-state index in [1.165, 1.54) is 0 Å². The molecular weight excluding hydrogens is 460 g/mol. The number of aliphatic hydroxyl groups excluding tert-OH is 3. The van der Waals surface area contributed by atoms with Crippen molar-refractivity contribution >= 4 is 5.91 Å². The maximum atomic E-state index is 12.0. The lowest BCUT2D eigenvalue weighted by Crippen LogP contribution is -2.49. The van der Waals surface area contributed by atoms with E-state index in [4.69, 9.17) is 15.9 Å². The highest BCUT2D eigenvalue weighted by Crippen LogP contribution is 2.31. The molecule has 0 aromatic heterocycles. The fourth-order valence-corrected chi connectivity index (χ4v) is 4.05. The molecule has 4 N–H and O–H groups in total. The molecule has 1 aliphatic heterocycles. The molecule has 0 saturated carbocycles. The summed E-state index contributed by atoms with van der Waals surface area (Å²) >= 11 is 0. The number of hydrogen-bond donors (Lipinski definition) is 4. The summed E-state index contributed by atoms with van der Waals surface area (Å²) in [5.74, 6) is 3.19. The molecule has 1 heterocycles. The number of rotatable bonds is 11. The van der Waals surface area contributed by atoms with E-state index < -0.39 is 24.4 Å². The molecule has 4 atom stereocenters. The van der Waals surface area contributed by atoms with Crippen molar-refractivity contribution in [2.24, 2.45) is 0 Å². The minimum absolute atomic E-state index is 0.0287. The Labute approximate surface area is 212 Å². The second kappa shape index (κ2) is 13.4. The van der Waals surface area contributed by atoms with Crippen molar-refractivity contribution in [1.82, 2.24) is 10.2 Å². The van der Waals surface area contributed by atoms with Gasteiger partial charge in [0.25, 0.3) is 0 Å². The van der Waals surface area contributed by atoms with Gasteiger partial charge in [-0.2, -0.15) is 0 Å². The second-order valence-corrected chi connectivity index (χ2v) is 9.20. The fraction of sp³-hybridized carbons (Fsp3) is 0.464. The van der Waals surface area contributed by atoms with Gasteiger partial charge in [-0.1, -0.05) is 36.3 Å². The van der Waals surface area contributed by atoms with Crippen LogP contribution in [0.25, 0.3) is 0 Å². The predicted octanol–water partition coefficient (Wildman–Crippen LogP) is 1.19. The van der Waals surface area contributed by atoms with Crippen molar-refractivity contribution in [3.05, 3.63) is 64.7 Å². The zero-order chi connectivity index (χ0) is 26.1. The lowest BCUT2D eigenvalue weighted by atomic mass is 9.91. The number of terminal acetylenes is 1. The summed E-state index contributed by atoms with van der Waals surface area (Å²) < 4.78 is 11.3. The van der Waals surface area contributed by atoms with Crippen LogP contribution >= 0.6 is 0 Å². The van der Waals surface area contributed by atoms with Gasteiger partial charge < -0.3 is 30.1 Å². The molecule has 0 unspecified atom stereocenters. The molecule has 1 amide bonds. The fourth-order valence-electron chi connectivity index (χ4n) is 4.05. The van der Waals surface area contributed by atoms with E-state index in [2.05, 4.69) is 11.2 Å². The van der Waals surface area contributed by atoms with E-state index in [-0.39, 0.29) is 25.5 Å². The lowest BCUT2D eigenvalue weighted by Gasteiger charge is -2.35. The molecule has 1 saturated heterocycles. The van der Waals surface area contributed by atoms with Gasteiger partial charge in [-0.15, -0.1) is 6.42 Å². The zero-order valence-corrected chi connectivity index (χ0v) is 20.9. The number of benzene rings is 2. The van der Waals surface area contributed by atoms with Crippen molar-refractivity contribution in [3.8, 4) is 18.1 Å². The van der Waals surface area contributed by atoms with Gasteiger partial charge >= 0.3 is 0 Å². The zero-order valence-electron chi connectivity index (χ0n) is 20.9. The third kappa shape index (κ3) is 7.79. The van der Waals surface area contributed by atoms with Crippen molar-refractivity contribution in [2.45, 2.75) is 44.2 Å². The summed E-state index contributed by atoms with van der Waals surface area (Å²) in [6.07, 6.45) is 1.97. The summed E-state index contributed by atoms with van der Waals surface area (Å²) in [4.78, 5) is 13.9. The first-order valence-electron chi connectivity index (χ1n) is 12.1. The lowest BCUT2D eigenvalue weighted by molar-refractivity contribution is -0.189. The Morgan fingerprint density at radius 3 is 2.67 bits per heavy atom. The van der Waals surface area contributed by atoms with E-state index in [1.807, 2.05) is 61.3 Å². The minimum atomic E-state index is -1.24. The van der Waals surface area contributed by atoms with E-state index in [0.29, 0.717) is 31.8 Å². The molecule has 3 rings (SSSR count). The number of nitrogens with zero attached hydrogens (tertiary/aromatic N) is 1. The van der Waals surface area contributed by atoms with Crippen LogP contribution in [-0.2, 0) is 16.0 Å². The van der Waals surface area contributed by atoms with Crippen molar-refractivity contribution in [2.75, 3.05) is 39.9 Å². The molecule has 2 aromatic carbocycles. The first-order valence-corrected chi connectivity index (χ1v) is 12.1. The summed E-state index contributed by atoms with van der Waals surface area (Å²) in [6, 6.07) is 13.5. The normalized spacial score (nSPS) is 21.7. The van der Waals surface area contributed by atoms with Crippen LogP contribution in [0.5, 0.6) is 5.75 Å². The molecule has 194 valence electrons. The van der Waals surface area contributed by atoms with Crippen molar-refractivity contribution < 1.29 is 29.6 Å². The van der Waals surface area contributed by atoms with Gasteiger partial charge in [0.05, 0.1) is 26.2 Å². The Balaban J connectivity index is 1.49. The quantitative estimate of drug-likeness (QED) is 0.346. The Kier molecular flexibility index (Phi) is 10.3. The van der Waals surface area contributed by atoms with Gasteiger partial charge in [0.2, 0.25) is 5.91 Å². The molecule has 0 spiro atoms. The molecule has 8 nitrogen and oxygen atoms in total. The van der Waals surface area contributed by atoms with Gasteiger partial charge in [0.1, 0.15) is 30.2 Å². The number of amides is 1. The molecule has 1 aliphatic rings. The van der Waals surface area contributed by atoms with Crippen molar-refractivity contribution in [1.29, 1.82) is 0 Å². The molecular formula is C28H36N2O6. The molecule has 2 aromatic rings. The average molecular weight is 497 g/mol. The maximum absolute atomic E-state index is 12.0. The number of nitrogens with one attached hydrogen (secondary N) is 1. The molecule has 36 heavy (non-hydrogen) atoms. The van der Waals surface area contributed by atoms with Gasteiger partial charge in [-0.05, 0) is 54.8 Å². The van der Waals surface area contributed by atoms with Crippen LogP contribution in [-0.4, -0.2) is 84.3 Å². The minimum Gasteiger partial charge on any atom is -0.493 e. The number of carbonyl (C=O) groups is 1. The standard InChI is InChI=1S/C28H36N2O6/c1-4-13-30(3)14-12-29-25(32)11-15-35-23-9-6-20(7-10-23)16-22-17-21(8-5-19(22)2)28-27(34)26(33)24(31)18-36-28/h1,5-10,17,24,26-28,31,33-34H,11-16,18H2,2-3H3,(H,29,32)/t24-,26+,27-,28+/m1/s1. The monoisotopic (exact) mass is 496 g/mol. The third-order valence-electron chi connectivity index (χ3n) is 6.30. The van der Waals surface area contributed by atoms with Gasteiger partial charge in [-0.25, -0.2) is 0 Å². The molecule has 1 fully saturated rings. The van der Waals surface area contributed by atoms with Crippen LogP contribution in [0.15, 0.2) is 42.5 Å². The number of ether oxygens (including phenoxy) is 2. The van der Waals surface area contributed by atoms with Crippen LogP contribution < -0.4 is 10.1 Å². The second-order valence-electron chi connectivity index (χ2n) is 9.20. The summed E-state index contributed by atoms with van der Waals surface area (Å²) in [5.41, 5.74) is 4.01. The number of likely N-dealkylation sites (N-methyl/N-ethyl adjacent to an activating group) is 1. The Hall–Kier alpha value is -2.93. The number of carbonyl (C=O) groups excluding carboxylic acids is 1. The van der Waals surface area contributed by atoms with Crippen LogP contribution in [0, 0.1) is 19.3 Å². The van der Waals surface area contributed by atoms with E-state index >= 15 is 0 Å². The Morgan fingerprint density at radius 1 is 1.19 bits per heavy atom. The third-order valence-corrected chi connectivity index (χ3v) is 6.30. The van der Waals surface area contributed by atoms with Crippen LogP contribution in [0.3, 0.4) is 0 Å². The Bertz CT molecular complexity index is 1040. The summed E-state index contributed by atoms with van der Waals surface area (Å²) in [6.45, 7) is 4.06. The van der Waals surface area contributed by atoms with Gasteiger partial charge in [-0.3, -0.25) is 9.69 Å². The molecule has 0 radical (unpaired) electrons. The SMILES string of the molecule is C#CCN(C)CCNC(=O)CCOc1ccc(Cc2cc([C@@H]3OC[C@@H](O)[C@H](O)[C@H]3O)ccc2C)cc1. The van der Waals surface area contributed by atoms with Gasteiger partial charge in [0.15, 0.2) is 0 Å². The topological polar surface area (TPSA) is 111 Å². The largest absolute Gasteiger partial charge is 0.493 e. The maximum Gasteiger partial charge on any atom is 0.223 e. The van der Waals surface area contributed by atoms with Crippen LogP contribution in [0.2, 0.25) is 0 Å². The smallest absolute Gasteiger partial charge is 0.223 e. The van der Waals surface area contributed by atoms with E-state index in [1.54, 1.807) is 0 Å². The first-order chi connectivity index (χ1) is 17.3. The number of aliphatic hydroxyl groups is 3. The van der Waals surface area contributed by atoms with E-state index in [0.717, 1.165) is 22.3 Å². The highest BCUT2D eigenvalue weighted by atomic mass is 16.5. The molecule has 0 bridgehead atoms. The predicted molar refractivity (Wildman–Crippen MR) is 137 cm³/mol. The Morgan fingerprint density at radius 2 is 1.94 bits per heavy atom. The highest BCUT2D eigenvalue weighted by Gasteiger charge is 2.38. The molecule has 8 heteroatoms. The first kappa shape index (κ1) is 27.7. The number of aryl methyl sites for hydroxylation is 1. The van der Waals surface area contributed by atoms with E-state index in [9.17, 15) is 20.1 Å². The highest BCUT2D eigenvalue weighted by molar-refractivity contribution is 5.75. The van der Waals surface area contributed by atoms with Gasteiger partial charge in [0, 0.05) is 13.1 Å². The average Bonchev–Trinajstić information content (AvgIpc) is 2.85. The van der Waals surface area contributed by atoms with Crippen LogP contribution in [0.4, 0.5) is 0 Å². The molecule has 0 aliphatic carbocycles. The summed E-state index contributed by atoms with van der Waals surface area (Å²) in [7, 11) is 1.91. The van der Waals surface area contributed by atoms with Crippen molar-refractivity contribution in [3.63, 3.8) is 0 Å².